The molecule has 5 rings (SSSR count). The molecule has 0 atom stereocenters. The van der Waals surface area contributed by atoms with Crippen molar-refractivity contribution in [1.82, 2.24) is 34.5 Å². The predicted octanol–water partition coefficient (Wildman–Crippen LogP) is 3.87. The normalized spacial score (nSPS) is 11.4. The van der Waals surface area contributed by atoms with E-state index in [1.54, 1.807) is 16.9 Å². The van der Waals surface area contributed by atoms with Crippen LogP contribution in [0.3, 0.4) is 0 Å². The molecule has 1 aromatic carbocycles. The van der Waals surface area contributed by atoms with Crippen molar-refractivity contribution in [3.63, 3.8) is 0 Å². The standard InChI is InChI=1S/C21H21N9/c1-13(2)15-11-24-30-19(15)28-20(25-14-7-9-22-10-8-14)29-21(30)23-12-18-26-16-5-3-4-6-17(16)27-18/h3-11,13H,12H2,1-2H3,(H,26,27)(H2,22,23,25,28,29). The summed E-state index contributed by atoms with van der Waals surface area (Å²) < 4.78 is 1.73. The topological polar surface area (TPSA) is 109 Å². The molecule has 0 radical (unpaired) electrons. The number of anilines is 3. The lowest BCUT2D eigenvalue weighted by Gasteiger charge is -2.11. The van der Waals surface area contributed by atoms with E-state index >= 15 is 0 Å². The highest BCUT2D eigenvalue weighted by molar-refractivity contribution is 5.74. The summed E-state index contributed by atoms with van der Waals surface area (Å²) in [5, 5.41) is 11.1. The summed E-state index contributed by atoms with van der Waals surface area (Å²) in [5.41, 5.74) is 4.63. The Hall–Kier alpha value is -4.01. The third-order valence-electron chi connectivity index (χ3n) is 4.81. The zero-order valence-electron chi connectivity index (χ0n) is 16.7. The predicted molar refractivity (Wildman–Crippen MR) is 116 cm³/mol. The number of para-hydroxylation sites is 2. The van der Waals surface area contributed by atoms with Crippen molar-refractivity contribution < 1.29 is 0 Å². The van der Waals surface area contributed by atoms with E-state index in [0.29, 0.717) is 18.4 Å². The Morgan fingerprint density at radius 3 is 2.67 bits per heavy atom. The number of benzene rings is 1. The van der Waals surface area contributed by atoms with Crippen LogP contribution >= 0.6 is 0 Å². The smallest absolute Gasteiger partial charge is 0.232 e. The van der Waals surface area contributed by atoms with Gasteiger partial charge in [-0.2, -0.15) is 19.6 Å². The first-order chi connectivity index (χ1) is 14.7. The van der Waals surface area contributed by atoms with Gasteiger partial charge in [0.25, 0.3) is 0 Å². The molecular formula is C21H21N9. The van der Waals surface area contributed by atoms with Gasteiger partial charge in [0.2, 0.25) is 11.9 Å². The van der Waals surface area contributed by atoms with Crippen molar-refractivity contribution in [2.24, 2.45) is 0 Å². The zero-order chi connectivity index (χ0) is 20.5. The molecule has 150 valence electrons. The molecule has 0 amide bonds. The molecule has 0 spiro atoms. The molecule has 0 aliphatic carbocycles. The largest absolute Gasteiger partial charge is 0.347 e. The van der Waals surface area contributed by atoms with Crippen LogP contribution in [0.5, 0.6) is 0 Å². The van der Waals surface area contributed by atoms with Gasteiger partial charge in [-0.05, 0) is 30.2 Å². The highest BCUT2D eigenvalue weighted by Crippen LogP contribution is 2.23. The van der Waals surface area contributed by atoms with Gasteiger partial charge >= 0.3 is 0 Å². The van der Waals surface area contributed by atoms with Crippen molar-refractivity contribution in [2.75, 3.05) is 10.6 Å². The van der Waals surface area contributed by atoms with Gasteiger partial charge in [0.1, 0.15) is 5.82 Å². The van der Waals surface area contributed by atoms with E-state index in [0.717, 1.165) is 33.8 Å². The fourth-order valence-electron chi connectivity index (χ4n) is 3.29. The van der Waals surface area contributed by atoms with Crippen LogP contribution in [0, 0.1) is 0 Å². The summed E-state index contributed by atoms with van der Waals surface area (Å²) in [6.07, 6.45) is 5.29. The minimum Gasteiger partial charge on any atom is -0.347 e. The molecule has 9 nitrogen and oxygen atoms in total. The monoisotopic (exact) mass is 399 g/mol. The Morgan fingerprint density at radius 1 is 1.03 bits per heavy atom. The molecule has 9 heteroatoms. The Kier molecular flexibility index (Phi) is 4.47. The molecule has 0 unspecified atom stereocenters. The maximum Gasteiger partial charge on any atom is 0.232 e. The first-order valence-corrected chi connectivity index (χ1v) is 9.77. The van der Waals surface area contributed by atoms with E-state index < -0.39 is 0 Å². The fraction of sp³-hybridized carbons (Fsp3) is 0.190. The molecule has 0 aliphatic heterocycles. The van der Waals surface area contributed by atoms with Crippen LogP contribution in [0.1, 0.15) is 31.2 Å². The number of imidazole rings is 1. The Bertz CT molecular complexity index is 1270. The maximum atomic E-state index is 4.70. The van der Waals surface area contributed by atoms with Gasteiger partial charge < -0.3 is 15.6 Å². The van der Waals surface area contributed by atoms with E-state index in [1.165, 1.54) is 0 Å². The van der Waals surface area contributed by atoms with Crippen molar-refractivity contribution >= 4 is 34.3 Å². The number of pyridine rings is 1. The van der Waals surface area contributed by atoms with Gasteiger partial charge in [0.05, 0.1) is 23.8 Å². The Labute approximate surface area is 172 Å². The van der Waals surface area contributed by atoms with Gasteiger partial charge in [-0.3, -0.25) is 4.98 Å². The number of H-pyrrole nitrogens is 1. The number of nitrogens with zero attached hydrogens (tertiary/aromatic N) is 6. The van der Waals surface area contributed by atoms with Crippen LogP contribution in [-0.4, -0.2) is 34.5 Å². The van der Waals surface area contributed by atoms with Gasteiger partial charge in [-0.15, -0.1) is 0 Å². The first-order valence-electron chi connectivity index (χ1n) is 9.77. The van der Waals surface area contributed by atoms with Crippen LogP contribution in [-0.2, 0) is 6.54 Å². The molecule has 30 heavy (non-hydrogen) atoms. The summed E-state index contributed by atoms with van der Waals surface area (Å²) in [6, 6.07) is 11.7. The van der Waals surface area contributed by atoms with Crippen LogP contribution in [0.15, 0.2) is 55.0 Å². The summed E-state index contributed by atoms with van der Waals surface area (Å²) in [6.45, 7) is 4.72. The quantitative estimate of drug-likeness (QED) is 0.398. The molecule has 4 heterocycles. The molecule has 0 saturated carbocycles. The van der Waals surface area contributed by atoms with E-state index in [-0.39, 0.29) is 5.92 Å². The summed E-state index contributed by atoms with van der Waals surface area (Å²) in [5.74, 6) is 2.18. The number of rotatable bonds is 6. The fourth-order valence-corrected chi connectivity index (χ4v) is 3.29. The molecule has 0 aliphatic rings. The van der Waals surface area contributed by atoms with Gasteiger partial charge in [-0.25, -0.2) is 4.98 Å². The SMILES string of the molecule is CC(C)c1cnn2c(NCc3nc4ccccc4[nH]3)nc(Nc3ccncc3)nc12. The highest BCUT2D eigenvalue weighted by Gasteiger charge is 2.15. The Balaban J connectivity index is 1.50. The molecule has 0 fully saturated rings. The van der Waals surface area contributed by atoms with Crippen LogP contribution < -0.4 is 10.6 Å². The molecule has 5 aromatic rings. The van der Waals surface area contributed by atoms with E-state index in [2.05, 4.69) is 49.5 Å². The maximum absolute atomic E-state index is 4.70. The average Bonchev–Trinajstić information content (AvgIpc) is 3.36. The summed E-state index contributed by atoms with van der Waals surface area (Å²) in [7, 11) is 0. The summed E-state index contributed by atoms with van der Waals surface area (Å²) >= 11 is 0. The van der Waals surface area contributed by atoms with Crippen molar-refractivity contribution in [1.29, 1.82) is 0 Å². The van der Waals surface area contributed by atoms with Crippen molar-refractivity contribution in [3.05, 3.63) is 66.4 Å². The first kappa shape index (κ1) is 18.0. The second-order valence-electron chi connectivity index (χ2n) is 7.28. The minimum atomic E-state index is 0.286. The third-order valence-corrected chi connectivity index (χ3v) is 4.81. The molecule has 4 aromatic heterocycles. The summed E-state index contributed by atoms with van der Waals surface area (Å²) in [4.78, 5) is 21.3. The Morgan fingerprint density at radius 2 is 1.87 bits per heavy atom. The van der Waals surface area contributed by atoms with Crippen LogP contribution in [0.2, 0.25) is 0 Å². The lowest BCUT2D eigenvalue weighted by atomic mass is 10.1. The van der Waals surface area contributed by atoms with Crippen molar-refractivity contribution in [3.8, 4) is 0 Å². The number of hydrogen-bond acceptors (Lipinski definition) is 7. The second-order valence-corrected chi connectivity index (χ2v) is 7.28. The third kappa shape index (κ3) is 3.41. The van der Waals surface area contributed by atoms with Crippen molar-refractivity contribution in [2.45, 2.75) is 26.3 Å². The highest BCUT2D eigenvalue weighted by atomic mass is 15.4. The van der Waals surface area contributed by atoms with E-state index in [4.69, 9.17) is 4.98 Å². The number of aromatic amines is 1. The number of fused-ring (bicyclic) bond motifs is 2. The van der Waals surface area contributed by atoms with E-state index in [9.17, 15) is 0 Å². The lowest BCUT2D eigenvalue weighted by molar-refractivity contribution is 0.863. The molecule has 0 bridgehead atoms. The number of hydrogen-bond donors (Lipinski definition) is 3. The number of aromatic nitrogens is 7. The molecule has 0 saturated heterocycles. The lowest BCUT2D eigenvalue weighted by Crippen LogP contribution is -2.11. The van der Waals surface area contributed by atoms with E-state index in [1.807, 2.05) is 42.6 Å². The minimum absolute atomic E-state index is 0.286. The average molecular weight is 399 g/mol. The van der Waals surface area contributed by atoms with Gasteiger partial charge in [0, 0.05) is 23.6 Å². The zero-order valence-corrected chi connectivity index (χ0v) is 16.7. The van der Waals surface area contributed by atoms with Gasteiger partial charge in [0.15, 0.2) is 5.65 Å². The second kappa shape index (κ2) is 7.43. The van der Waals surface area contributed by atoms with Gasteiger partial charge in [-0.1, -0.05) is 26.0 Å². The number of nitrogens with one attached hydrogen (secondary N) is 3. The molecule has 3 N–H and O–H groups in total. The van der Waals surface area contributed by atoms with Crippen LogP contribution in [0.25, 0.3) is 16.7 Å². The molecular weight excluding hydrogens is 378 g/mol. The van der Waals surface area contributed by atoms with Crippen LogP contribution in [0.4, 0.5) is 17.6 Å².